The minimum atomic E-state index is -2.86. The van der Waals surface area contributed by atoms with Crippen LogP contribution in [0.5, 0.6) is 5.75 Å². The molecule has 0 saturated carbocycles. The second-order valence-electron chi connectivity index (χ2n) is 6.19. The van der Waals surface area contributed by atoms with Crippen LogP contribution in [0.25, 0.3) is 0 Å². The number of benzene rings is 1. The van der Waals surface area contributed by atoms with Crippen molar-refractivity contribution in [2.45, 2.75) is 65.1 Å². The Morgan fingerprint density at radius 3 is 2.54 bits per heavy atom. The van der Waals surface area contributed by atoms with Crippen molar-refractivity contribution < 1.29 is 27.8 Å². The van der Waals surface area contributed by atoms with Gasteiger partial charge in [-0.1, -0.05) is 19.1 Å². The molecule has 0 aliphatic rings. The summed E-state index contributed by atoms with van der Waals surface area (Å²) in [5.41, 5.74) is 0.173. The number of carbonyl (C=O) groups excluding carboxylic acids is 2. The molecule has 1 aromatic rings. The third kappa shape index (κ3) is 8.27. The average Bonchev–Trinajstić information content (AvgIpc) is 2.57. The lowest BCUT2D eigenvalue weighted by atomic mass is 10.1. The van der Waals surface area contributed by atoms with Crippen molar-refractivity contribution >= 4 is 11.9 Å². The summed E-state index contributed by atoms with van der Waals surface area (Å²) < 4.78 is 37.1. The largest absolute Gasteiger partial charge is 0.491 e. The zero-order valence-electron chi connectivity index (χ0n) is 15.5. The molecule has 5 nitrogen and oxygen atoms in total. The van der Waals surface area contributed by atoms with E-state index >= 15 is 0 Å². The Kier molecular flexibility index (Phi) is 9.62. The van der Waals surface area contributed by atoms with E-state index in [0.717, 1.165) is 6.42 Å². The van der Waals surface area contributed by atoms with Gasteiger partial charge in [-0.25, -0.2) is 8.78 Å². The van der Waals surface area contributed by atoms with Crippen LogP contribution in [0.2, 0.25) is 0 Å². The molecule has 1 N–H and O–H groups in total. The highest BCUT2D eigenvalue weighted by Gasteiger charge is 2.27. The standard InChI is InChI=1S/C19H27F2NO4/c1-4-11-22-16(23)9-6-10-17(24)26-18(19(20)21)14-7-5-8-15(12-14)25-13(2)3/h5,7-8,12-13,18-19H,4,6,9-11H2,1-3H3,(H,22,23)/t18-/m1/s1. The molecule has 0 aromatic heterocycles. The van der Waals surface area contributed by atoms with Crippen LogP contribution in [0.4, 0.5) is 8.78 Å². The van der Waals surface area contributed by atoms with Crippen LogP contribution in [0.3, 0.4) is 0 Å². The summed E-state index contributed by atoms with van der Waals surface area (Å²) >= 11 is 0. The summed E-state index contributed by atoms with van der Waals surface area (Å²) in [6, 6.07) is 6.15. The average molecular weight is 371 g/mol. The first-order valence-electron chi connectivity index (χ1n) is 8.84. The van der Waals surface area contributed by atoms with Gasteiger partial charge in [-0.15, -0.1) is 0 Å². The highest BCUT2D eigenvalue weighted by molar-refractivity contribution is 5.77. The van der Waals surface area contributed by atoms with Crippen LogP contribution in [-0.2, 0) is 14.3 Å². The molecule has 0 unspecified atom stereocenters. The predicted octanol–water partition coefficient (Wildman–Crippen LogP) is 4.02. The summed E-state index contributed by atoms with van der Waals surface area (Å²) in [5.74, 6) is -0.482. The SMILES string of the molecule is CCCNC(=O)CCCC(=O)O[C@H](c1cccc(OC(C)C)c1)C(F)F. The molecular weight excluding hydrogens is 344 g/mol. The van der Waals surface area contributed by atoms with Crippen molar-refractivity contribution in [3.05, 3.63) is 29.8 Å². The molecule has 0 aliphatic heterocycles. The van der Waals surface area contributed by atoms with Crippen molar-refractivity contribution in [1.82, 2.24) is 5.32 Å². The van der Waals surface area contributed by atoms with E-state index in [2.05, 4.69) is 5.32 Å². The van der Waals surface area contributed by atoms with E-state index in [1.54, 1.807) is 12.1 Å². The fourth-order valence-corrected chi connectivity index (χ4v) is 2.25. The molecule has 0 saturated heterocycles. The fourth-order valence-electron chi connectivity index (χ4n) is 2.25. The number of alkyl halides is 2. The van der Waals surface area contributed by atoms with E-state index < -0.39 is 18.5 Å². The summed E-state index contributed by atoms with van der Waals surface area (Å²) in [4.78, 5) is 23.3. The van der Waals surface area contributed by atoms with E-state index in [9.17, 15) is 18.4 Å². The Morgan fingerprint density at radius 2 is 1.92 bits per heavy atom. The predicted molar refractivity (Wildman–Crippen MR) is 94.2 cm³/mol. The van der Waals surface area contributed by atoms with Crippen LogP contribution in [-0.4, -0.2) is 31.0 Å². The highest BCUT2D eigenvalue weighted by Crippen LogP contribution is 2.28. The number of esters is 1. The Morgan fingerprint density at radius 1 is 1.19 bits per heavy atom. The topological polar surface area (TPSA) is 64.6 Å². The van der Waals surface area contributed by atoms with Gasteiger partial charge in [0.2, 0.25) is 5.91 Å². The number of halogens is 2. The summed E-state index contributed by atoms with van der Waals surface area (Å²) in [5, 5.41) is 2.69. The molecule has 146 valence electrons. The van der Waals surface area contributed by atoms with E-state index in [0.29, 0.717) is 12.3 Å². The van der Waals surface area contributed by atoms with E-state index in [1.807, 2.05) is 20.8 Å². The van der Waals surface area contributed by atoms with Crippen molar-refractivity contribution in [2.75, 3.05) is 6.54 Å². The molecule has 7 heteroatoms. The third-order valence-corrected chi connectivity index (χ3v) is 3.40. The zero-order chi connectivity index (χ0) is 19.5. The number of nitrogens with one attached hydrogen (secondary N) is 1. The molecule has 0 radical (unpaired) electrons. The van der Waals surface area contributed by atoms with Gasteiger partial charge in [-0.05, 0) is 38.8 Å². The van der Waals surface area contributed by atoms with E-state index in [1.165, 1.54) is 12.1 Å². The van der Waals surface area contributed by atoms with Gasteiger partial charge >= 0.3 is 5.97 Å². The van der Waals surface area contributed by atoms with Crippen LogP contribution in [0, 0.1) is 0 Å². The summed E-state index contributed by atoms with van der Waals surface area (Å²) in [6.07, 6.45) is -3.48. The molecule has 1 atom stereocenters. The number of amides is 1. The minimum absolute atomic E-state index is 0.0923. The molecule has 1 aromatic carbocycles. The van der Waals surface area contributed by atoms with Crippen molar-refractivity contribution in [2.24, 2.45) is 0 Å². The highest BCUT2D eigenvalue weighted by atomic mass is 19.3. The minimum Gasteiger partial charge on any atom is -0.491 e. The van der Waals surface area contributed by atoms with Crippen LogP contribution in [0.1, 0.15) is 58.1 Å². The lowest BCUT2D eigenvalue weighted by Crippen LogP contribution is -2.24. The lowest BCUT2D eigenvalue weighted by molar-refractivity contribution is -0.158. The molecule has 0 fully saturated rings. The van der Waals surface area contributed by atoms with Gasteiger partial charge in [0.25, 0.3) is 6.43 Å². The smallest absolute Gasteiger partial charge is 0.306 e. The summed E-state index contributed by atoms with van der Waals surface area (Å²) in [6.45, 7) is 6.16. The first-order valence-corrected chi connectivity index (χ1v) is 8.84. The van der Waals surface area contributed by atoms with Crippen molar-refractivity contribution in [3.63, 3.8) is 0 Å². The Bertz CT molecular complexity index is 578. The number of ether oxygens (including phenoxy) is 2. The number of hydrogen-bond donors (Lipinski definition) is 1. The maximum absolute atomic E-state index is 13.3. The van der Waals surface area contributed by atoms with Gasteiger partial charge in [0, 0.05) is 24.9 Å². The maximum Gasteiger partial charge on any atom is 0.306 e. The monoisotopic (exact) mass is 371 g/mol. The second-order valence-corrected chi connectivity index (χ2v) is 6.19. The van der Waals surface area contributed by atoms with Gasteiger partial charge < -0.3 is 14.8 Å². The zero-order valence-corrected chi connectivity index (χ0v) is 15.5. The van der Waals surface area contributed by atoms with Crippen LogP contribution in [0.15, 0.2) is 24.3 Å². The van der Waals surface area contributed by atoms with Gasteiger partial charge in [-0.2, -0.15) is 0 Å². The number of rotatable bonds is 11. The van der Waals surface area contributed by atoms with E-state index in [-0.39, 0.29) is 36.8 Å². The number of hydrogen-bond acceptors (Lipinski definition) is 4. The lowest BCUT2D eigenvalue weighted by Gasteiger charge is -2.19. The molecule has 0 aliphatic carbocycles. The van der Waals surface area contributed by atoms with E-state index in [4.69, 9.17) is 9.47 Å². The van der Waals surface area contributed by atoms with Gasteiger partial charge in [0.1, 0.15) is 5.75 Å². The normalized spacial score (nSPS) is 12.1. The Balaban J connectivity index is 2.60. The molecule has 1 rings (SSSR count). The number of carbonyl (C=O) groups is 2. The molecule has 0 spiro atoms. The maximum atomic E-state index is 13.3. The fraction of sp³-hybridized carbons (Fsp3) is 0.579. The molecule has 26 heavy (non-hydrogen) atoms. The second kappa shape index (κ2) is 11.4. The van der Waals surface area contributed by atoms with Crippen LogP contribution < -0.4 is 10.1 Å². The van der Waals surface area contributed by atoms with Gasteiger partial charge in [0.15, 0.2) is 6.10 Å². The summed E-state index contributed by atoms with van der Waals surface area (Å²) in [7, 11) is 0. The third-order valence-electron chi connectivity index (χ3n) is 3.40. The molecule has 0 bridgehead atoms. The molecule has 0 heterocycles. The van der Waals surface area contributed by atoms with Gasteiger partial charge in [0.05, 0.1) is 6.10 Å². The molecular formula is C19H27F2NO4. The van der Waals surface area contributed by atoms with Crippen LogP contribution >= 0.6 is 0 Å². The van der Waals surface area contributed by atoms with Crippen molar-refractivity contribution in [3.8, 4) is 5.75 Å². The Labute approximate surface area is 153 Å². The Hall–Kier alpha value is -2.18. The van der Waals surface area contributed by atoms with Gasteiger partial charge in [-0.3, -0.25) is 9.59 Å². The first-order chi connectivity index (χ1) is 12.3. The molecule has 1 amide bonds. The first kappa shape index (κ1) is 21.9. The quantitative estimate of drug-likeness (QED) is 0.597. The van der Waals surface area contributed by atoms with Crippen molar-refractivity contribution in [1.29, 1.82) is 0 Å².